The minimum Gasteiger partial charge on any atom is -0.394 e. The topological polar surface area (TPSA) is 35.5 Å². The van der Waals surface area contributed by atoms with Crippen molar-refractivity contribution in [1.29, 1.82) is 0 Å². The molecular weight excluding hydrogens is 224 g/mol. The summed E-state index contributed by atoms with van der Waals surface area (Å²) in [5.41, 5.74) is 2.55. The van der Waals surface area contributed by atoms with Crippen LogP contribution in [-0.4, -0.2) is 30.8 Å². The Balaban J connectivity index is 2.07. The molecule has 3 nitrogen and oxygen atoms in total. The molecule has 1 aliphatic heterocycles. The van der Waals surface area contributed by atoms with Gasteiger partial charge in [-0.15, -0.1) is 0 Å². The van der Waals surface area contributed by atoms with Gasteiger partial charge in [0, 0.05) is 18.3 Å². The molecule has 2 N–H and O–H groups in total. The van der Waals surface area contributed by atoms with E-state index in [1.807, 2.05) is 0 Å². The van der Waals surface area contributed by atoms with Crippen molar-refractivity contribution in [2.75, 3.05) is 24.6 Å². The summed E-state index contributed by atoms with van der Waals surface area (Å²) < 4.78 is 0. The van der Waals surface area contributed by atoms with Crippen LogP contribution in [0.4, 0.5) is 5.69 Å². The van der Waals surface area contributed by atoms with Gasteiger partial charge in [-0.05, 0) is 44.0 Å². The van der Waals surface area contributed by atoms with Crippen LogP contribution in [0.15, 0.2) is 24.3 Å². The largest absolute Gasteiger partial charge is 0.394 e. The first-order valence-corrected chi connectivity index (χ1v) is 6.97. The third-order valence-electron chi connectivity index (χ3n) is 3.82. The molecule has 3 heteroatoms. The number of nitrogens with zero attached hydrogens (tertiary/aromatic N) is 1. The molecule has 2 rings (SSSR count). The summed E-state index contributed by atoms with van der Waals surface area (Å²) >= 11 is 0. The predicted molar refractivity (Wildman–Crippen MR) is 76.0 cm³/mol. The van der Waals surface area contributed by atoms with Crippen LogP contribution in [0, 0.1) is 0 Å². The summed E-state index contributed by atoms with van der Waals surface area (Å²) in [5.74, 6) is 0. The molecule has 0 amide bonds. The fraction of sp³-hybridized carbons (Fsp3) is 0.600. The number of anilines is 1. The Kier molecular flexibility index (Phi) is 4.61. The van der Waals surface area contributed by atoms with E-state index in [1.54, 1.807) is 0 Å². The molecule has 1 fully saturated rings. The molecule has 0 bridgehead atoms. The monoisotopic (exact) mass is 248 g/mol. The van der Waals surface area contributed by atoms with Crippen molar-refractivity contribution in [2.45, 2.75) is 38.8 Å². The van der Waals surface area contributed by atoms with Gasteiger partial charge in [0.25, 0.3) is 0 Å². The van der Waals surface area contributed by atoms with Gasteiger partial charge < -0.3 is 15.3 Å². The highest BCUT2D eigenvalue weighted by atomic mass is 16.3. The maximum atomic E-state index is 9.36. The molecule has 1 aromatic carbocycles. The number of hydrogen-bond donors (Lipinski definition) is 2. The van der Waals surface area contributed by atoms with E-state index < -0.39 is 0 Å². The highest BCUT2D eigenvalue weighted by molar-refractivity contribution is 5.49. The van der Waals surface area contributed by atoms with Crippen LogP contribution in [0.1, 0.15) is 38.3 Å². The van der Waals surface area contributed by atoms with E-state index in [9.17, 15) is 5.11 Å². The molecule has 100 valence electrons. The third kappa shape index (κ3) is 2.85. The van der Waals surface area contributed by atoms with Gasteiger partial charge in [-0.1, -0.05) is 19.1 Å². The van der Waals surface area contributed by atoms with Crippen LogP contribution in [0.5, 0.6) is 0 Å². The highest BCUT2D eigenvalue weighted by Gasteiger charge is 2.23. The summed E-state index contributed by atoms with van der Waals surface area (Å²) in [6.07, 6.45) is 2.28. The Hall–Kier alpha value is -1.06. The average Bonchev–Trinajstić information content (AvgIpc) is 2.87. The standard InChI is InChI=1S/C15H24N2O/c1-3-16-12(2)13-6-8-14(9-7-13)17-10-4-5-15(17)11-18/h6-9,12,15-16,18H,3-5,10-11H2,1-2H3. The van der Waals surface area contributed by atoms with E-state index in [0.29, 0.717) is 12.1 Å². The number of aliphatic hydroxyl groups excluding tert-OH is 1. The number of aliphatic hydroxyl groups is 1. The van der Waals surface area contributed by atoms with Crippen molar-refractivity contribution in [1.82, 2.24) is 5.32 Å². The molecule has 0 aliphatic carbocycles. The number of rotatable bonds is 5. The zero-order chi connectivity index (χ0) is 13.0. The van der Waals surface area contributed by atoms with Crippen molar-refractivity contribution >= 4 is 5.69 Å². The second-order valence-corrected chi connectivity index (χ2v) is 5.04. The quantitative estimate of drug-likeness (QED) is 0.839. The van der Waals surface area contributed by atoms with Crippen molar-refractivity contribution in [2.24, 2.45) is 0 Å². The van der Waals surface area contributed by atoms with Gasteiger partial charge in [0.05, 0.1) is 12.6 Å². The first-order valence-electron chi connectivity index (χ1n) is 6.97. The normalized spacial score (nSPS) is 21.3. The summed E-state index contributed by atoms with van der Waals surface area (Å²) in [7, 11) is 0. The molecule has 1 aliphatic rings. The lowest BCUT2D eigenvalue weighted by atomic mass is 10.1. The number of benzene rings is 1. The number of hydrogen-bond acceptors (Lipinski definition) is 3. The first kappa shape index (κ1) is 13.4. The zero-order valence-corrected chi connectivity index (χ0v) is 11.4. The number of nitrogens with one attached hydrogen (secondary N) is 1. The van der Waals surface area contributed by atoms with Crippen molar-refractivity contribution in [3.8, 4) is 0 Å². The SMILES string of the molecule is CCNC(C)c1ccc(N2CCCC2CO)cc1. The fourth-order valence-corrected chi connectivity index (χ4v) is 2.74. The maximum Gasteiger partial charge on any atom is 0.0635 e. The van der Waals surface area contributed by atoms with E-state index in [1.165, 1.54) is 17.7 Å². The van der Waals surface area contributed by atoms with E-state index in [0.717, 1.165) is 19.5 Å². The van der Waals surface area contributed by atoms with Crippen molar-refractivity contribution in [3.63, 3.8) is 0 Å². The van der Waals surface area contributed by atoms with Crippen LogP contribution in [-0.2, 0) is 0 Å². The van der Waals surface area contributed by atoms with Gasteiger partial charge in [-0.3, -0.25) is 0 Å². The average molecular weight is 248 g/mol. The molecule has 1 saturated heterocycles. The van der Waals surface area contributed by atoms with Gasteiger partial charge in [0.15, 0.2) is 0 Å². The minimum absolute atomic E-state index is 0.259. The minimum atomic E-state index is 0.259. The summed E-state index contributed by atoms with van der Waals surface area (Å²) in [4.78, 5) is 2.32. The lowest BCUT2D eigenvalue weighted by molar-refractivity contribution is 0.266. The van der Waals surface area contributed by atoms with Crippen LogP contribution in [0.25, 0.3) is 0 Å². The van der Waals surface area contributed by atoms with E-state index >= 15 is 0 Å². The van der Waals surface area contributed by atoms with E-state index in [-0.39, 0.29) is 6.61 Å². The second kappa shape index (κ2) is 6.21. The third-order valence-corrected chi connectivity index (χ3v) is 3.82. The Morgan fingerprint density at radius 1 is 1.39 bits per heavy atom. The molecule has 2 unspecified atom stereocenters. The van der Waals surface area contributed by atoms with Crippen LogP contribution in [0.3, 0.4) is 0 Å². The van der Waals surface area contributed by atoms with Crippen LogP contribution in [0.2, 0.25) is 0 Å². The lowest BCUT2D eigenvalue weighted by Crippen LogP contribution is -2.31. The molecule has 0 saturated carbocycles. The van der Waals surface area contributed by atoms with Crippen molar-refractivity contribution < 1.29 is 5.11 Å². The molecule has 18 heavy (non-hydrogen) atoms. The molecule has 2 atom stereocenters. The Morgan fingerprint density at radius 2 is 2.11 bits per heavy atom. The molecule has 0 spiro atoms. The Bertz CT molecular complexity index is 363. The lowest BCUT2D eigenvalue weighted by Gasteiger charge is -2.25. The Labute approximate surface area is 110 Å². The molecule has 0 aromatic heterocycles. The van der Waals surface area contributed by atoms with E-state index in [4.69, 9.17) is 0 Å². The molecule has 1 heterocycles. The van der Waals surface area contributed by atoms with Gasteiger partial charge in [0.1, 0.15) is 0 Å². The van der Waals surface area contributed by atoms with Gasteiger partial charge in [-0.2, -0.15) is 0 Å². The van der Waals surface area contributed by atoms with Gasteiger partial charge >= 0.3 is 0 Å². The second-order valence-electron chi connectivity index (χ2n) is 5.04. The van der Waals surface area contributed by atoms with Crippen molar-refractivity contribution in [3.05, 3.63) is 29.8 Å². The van der Waals surface area contributed by atoms with Gasteiger partial charge in [0.2, 0.25) is 0 Å². The predicted octanol–water partition coefficient (Wildman–Crippen LogP) is 2.32. The summed E-state index contributed by atoms with van der Waals surface area (Å²) in [6, 6.07) is 9.44. The van der Waals surface area contributed by atoms with E-state index in [2.05, 4.69) is 48.3 Å². The molecule has 1 aromatic rings. The van der Waals surface area contributed by atoms with Gasteiger partial charge in [-0.25, -0.2) is 0 Å². The van der Waals surface area contributed by atoms with Crippen LogP contribution >= 0.6 is 0 Å². The van der Waals surface area contributed by atoms with Crippen LogP contribution < -0.4 is 10.2 Å². The highest BCUT2D eigenvalue weighted by Crippen LogP contribution is 2.26. The fourth-order valence-electron chi connectivity index (χ4n) is 2.74. The zero-order valence-electron chi connectivity index (χ0n) is 11.4. The summed E-state index contributed by atoms with van der Waals surface area (Å²) in [5, 5.41) is 12.8. The first-order chi connectivity index (χ1) is 8.76. The maximum absolute atomic E-state index is 9.36. The summed E-state index contributed by atoms with van der Waals surface area (Å²) in [6.45, 7) is 6.62. The molecule has 0 radical (unpaired) electrons. The smallest absolute Gasteiger partial charge is 0.0635 e. The molecular formula is C15H24N2O. The Morgan fingerprint density at radius 3 is 2.72 bits per heavy atom.